The van der Waals surface area contributed by atoms with Crippen molar-refractivity contribution in [3.8, 4) is 0 Å². The second kappa shape index (κ2) is 5.90. The Labute approximate surface area is 114 Å². The molecule has 0 aliphatic carbocycles. The number of nitrogens with one attached hydrogen (secondary N) is 1. The molecule has 0 aliphatic heterocycles. The smallest absolute Gasteiger partial charge is 0.212 e. The number of sulfonamides is 1. The summed E-state index contributed by atoms with van der Waals surface area (Å²) in [5, 5.41) is 9.91. The van der Waals surface area contributed by atoms with Crippen LogP contribution in [0.15, 0.2) is 24.3 Å². The molecule has 0 heterocycles. The molecule has 0 radical (unpaired) electrons. The molecule has 1 rings (SSSR count). The number of anilines is 1. The van der Waals surface area contributed by atoms with Crippen molar-refractivity contribution in [3.63, 3.8) is 0 Å². The molecular weight excluding hydrogens is 264 g/mol. The van der Waals surface area contributed by atoms with Crippen LogP contribution in [0.3, 0.4) is 0 Å². The quantitative estimate of drug-likeness (QED) is 0.711. The minimum Gasteiger partial charge on any atom is -0.399 e. The van der Waals surface area contributed by atoms with Gasteiger partial charge in [-0.15, -0.1) is 0 Å². The molecule has 0 saturated heterocycles. The highest BCUT2D eigenvalue weighted by Crippen LogP contribution is 2.17. The summed E-state index contributed by atoms with van der Waals surface area (Å²) in [4.78, 5) is 0. The molecule has 0 aromatic heterocycles. The molecule has 1 aromatic carbocycles. The number of hydrogen-bond acceptors (Lipinski definition) is 4. The van der Waals surface area contributed by atoms with Gasteiger partial charge in [0.15, 0.2) is 0 Å². The molecule has 4 N–H and O–H groups in total. The highest BCUT2D eigenvalue weighted by molar-refractivity contribution is 7.89. The average molecular weight is 286 g/mol. The topological polar surface area (TPSA) is 92.4 Å². The lowest BCUT2D eigenvalue weighted by Gasteiger charge is -2.19. The van der Waals surface area contributed by atoms with E-state index in [1.54, 1.807) is 24.3 Å². The molecule has 6 heteroatoms. The van der Waals surface area contributed by atoms with Crippen LogP contribution in [0.4, 0.5) is 5.69 Å². The maximum absolute atomic E-state index is 11.8. The van der Waals surface area contributed by atoms with Crippen LogP contribution in [0.1, 0.15) is 32.4 Å². The summed E-state index contributed by atoms with van der Waals surface area (Å²) in [5.41, 5.74) is 6.46. The number of aliphatic hydroxyl groups is 1. The first-order valence-electron chi connectivity index (χ1n) is 6.10. The van der Waals surface area contributed by atoms with Crippen LogP contribution in [0.5, 0.6) is 0 Å². The zero-order valence-corrected chi connectivity index (χ0v) is 12.4. The van der Waals surface area contributed by atoms with Crippen LogP contribution < -0.4 is 10.5 Å². The van der Waals surface area contributed by atoms with Crippen molar-refractivity contribution in [3.05, 3.63) is 29.8 Å². The Hall–Kier alpha value is -1.11. The Bertz CT molecular complexity index is 504. The minimum absolute atomic E-state index is 0.0223. The predicted molar refractivity (Wildman–Crippen MR) is 77.1 cm³/mol. The summed E-state index contributed by atoms with van der Waals surface area (Å²) >= 11 is 0. The summed E-state index contributed by atoms with van der Waals surface area (Å²) in [7, 11) is -3.39. The zero-order valence-electron chi connectivity index (χ0n) is 11.6. The average Bonchev–Trinajstić information content (AvgIpc) is 2.24. The van der Waals surface area contributed by atoms with Crippen LogP contribution in [0, 0.1) is 5.41 Å². The molecule has 108 valence electrons. The molecule has 1 atom stereocenters. The van der Waals surface area contributed by atoms with Gasteiger partial charge in [0.1, 0.15) is 0 Å². The molecule has 5 nitrogen and oxygen atoms in total. The van der Waals surface area contributed by atoms with Gasteiger partial charge in [0.25, 0.3) is 0 Å². The summed E-state index contributed by atoms with van der Waals surface area (Å²) in [6.45, 7) is 5.51. The van der Waals surface area contributed by atoms with E-state index in [-0.39, 0.29) is 17.7 Å². The number of nitrogen functional groups attached to an aromatic ring is 1. The number of rotatable bonds is 5. The van der Waals surface area contributed by atoms with Gasteiger partial charge in [-0.2, -0.15) is 0 Å². The molecule has 0 fully saturated rings. The van der Waals surface area contributed by atoms with Crippen molar-refractivity contribution in [2.75, 3.05) is 18.0 Å². The van der Waals surface area contributed by atoms with Crippen LogP contribution in [-0.2, 0) is 10.0 Å². The van der Waals surface area contributed by atoms with Gasteiger partial charge < -0.3 is 10.8 Å². The highest BCUT2D eigenvalue weighted by atomic mass is 32.2. The SMILES string of the molecule is CC(C)(C)CS(=O)(=O)NCC(O)c1ccc(N)cc1. The van der Waals surface area contributed by atoms with E-state index in [4.69, 9.17) is 5.73 Å². The van der Waals surface area contributed by atoms with E-state index in [9.17, 15) is 13.5 Å². The molecule has 19 heavy (non-hydrogen) atoms. The van der Waals surface area contributed by atoms with Crippen molar-refractivity contribution in [2.45, 2.75) is 26.9 Å². The molecule has 1 aromatic rings. The van der Waals surface area contributed by atoms with Crippen LogP contribution in [0.25, 0.3) is 0 Å². The van der Waals surface area contributed by atoms with Gasteiger partial charge in [-0.05, 0) is 23.1 Å². The van der Waals surface area contributed by atoms with Gasteiger partial charge in [-0.25, -0.2) is 13.1 Å². The summed E-state index contributed by atoms with van der Waals surface area (Å²) < 4.78 is 26.0. The van der Waals surface area contributed by atoms with Crippen molar-refractivity contribution in [1.82, 2.24) is 4.72 Å². The van der Waals surface area contributed by atoms with Crippen LogP contribution in [-0.4, -0.2) is 25.8 Å². The van der Waals surface area contributed by atoms with E-state index in [0.29, 0.717) is 11.3 Å². The third-order valence-corrected chi connectivity index (χ3v) is 4.29. The normalized spacial score (nSPS) is 14.3. The summed E-state index contributed by atoms with van der Waals surface area (Å²) in [6.07, 6.45) is -0.879. The Kier molecular flexibility index (Phi) is 4.95. The lowest BCUT2D eigenvalue weighted by Crippen LogP contribution is -2.34. The Morgan fingerprint density at radius 1 is 1.26 bits per heavy atom. The van der Waals surface area contributed by atoms with Gasteiger partial charge in [0.2, 0.25) is 10.0 Å². The Morgan fingerprint density at radius 3 is 2.26 bits per heavy atom. The van der Waals surface area contributed by atoms with Crippen molar-refractivity contribution in [1.29, 1.82) is 0 Å². The van der Waals surface area contributed by atoms with Crippen molar-refractivity contribution in [2.24, 2.45) is 5.41 Å². The third kappa shape index (κ3) is 6.04. The first-order chi connectivity index (χ1) is 8.59. The van der Waals surface area contributed by atoms with Gasteiger partial charge in [-0.3, -0.25) is 0 Å². The third-order valence-electron chi connectivity index (χ3n) is 2.44. The molecular formula is C13H22N2O3S. The number of benzene rings is 1. The van der Waals surface area contributed by atoms with E-state index in [1.807, 2.05) is 20.8 Å². The van der Waals surface area contributed by atoms with E-state index >= 15 is 0 Å². The fraction of sp³-hybridized carbons (Fsp3) is 0.538. The fourth-order valence-electron chi connectivity index (χ4n) is 1.66. The van der Waals surface area contributed by atoms with Crippen LogP contribution in [0.2, 0.25) is 0 Å². The monoisotopic (exact) mass is 286 g/mol. The highest BCUT2D eigenvalue weighted by Gasteiger charge is 2.22. The summed E-state index contributed by atoms with van der Waals surface area (Å²) in [6, 6.07) is 6.69. The second-order valence-corrected chi connectivity index (χ2v) is 7.66. The maximum Gasteiger partial charge on any atom is 0.212 e. The molecule has 0 amide bonds. The minimum atomic E-state index is -3.39. The zero-order chi connectivity index (χ0) is 14.7. The molecule has 0 bridgehead atoms. The van der Waals surface area contributed by atoms with E-state index < -0.39 is 16.1 Å². The Morgan fingerprint density at radius 2 is 1.79 bits per heavy atom. The predicted octanol–water partition coefficient (Wildman–Crippen LogP) is 1.27. The van der Waals surface area contributed by atoms with Crippen molar-refractivity contribution < 1.29 is 13.5 Å². The first-order valence-corrected chi connectivity index (χ1v) is 7.75. The Balaban J connectivity index is 2.59. The van der Waals surface area contributed by atoms with Gasteiger partial charge >= 0.3 is 0 Å². The molecule has 1 unspecified atom stereocenters. The fourth-order valence-corrected chi connectivity index (χ4v) is 3.32. The van der Waals surface area contributed by atoms with Gasteiger partial charge in [-0.1, -0.05) is 32.9 Å². The standard InChI is InChI=1S/C13H22N2O3S/c1-13(2,3)9-19(17,18)15-8-12(16)10-4-6-11(14)7-5-10/h4-7,12,15-16H,8-9,14H2,1-3H3. The van der Waals surface area contributed by atoms with Crippen LogP contribution >= 0.6 is 0 Å². The van der Waals surface area contributed by atoms with E-state index in [0.717, 1.165) is 0 Å². The number of hydrogen-bond donors (Lipinski definition) is 3. The van der Waals surface area contributed by atoms with E-state index in [1.165, 1.54) is 0 Å². The lowest BCUT2D eigenvalue weighted by atomic mass is 10.0. The molecule has 0 saturated carbocycles. The largest absolute Gasteiger partial charge is 0.399 e. The van der Waals surface area contributed by atoms with E-state index in [2.05, 4.69) is 4.72 Å². The molecule has 0 spiro atoms. The second-order valence-electron chi connectivity index (χ2n) is 5.85. The summed E-state index contributed by atoms with van der Waals surface area (Å²) in [5.74, 6) is 0.0223. The molecule has 0 aliphatic rings. The first kappa shape index (κ1) is 15.9. The van der Waals surface area contributed by atoms with Crippen molar-refractivity contribution >= 4 is 15.7 Å². The van der Waals surface area contributed by atoms with Gasteiger partial charge in [0.05, 0.1) is 11.9 Å². The number of aliphatic hydroxyl groups excluding tert-OH is 1. The maximum atomic E-state index is 11.8. The number of nitrogens with two attached hydrogens (primary N) is 1. The van der Waals surface area contributed by atoms with Gasteiger partial charge in [0, 0.05) is 12.2 Å². The lowest BCUT2D eigenvalue weighted by molar-refractivity contribution is 0.182.